The maximum Gasteiger partial charge on any atom is 0.279 e. The predicted molar refractivity (Wildman–Crippen MR) is 91.3 cm³/mol. The quantitative estimate of drug-likeness (QED) is 0.764. The monoisotopic (exact) mass is 402 g/mol. The Morgan fingerprint density at radius 2 is 1.72 bits per heavy atom. The molecule has 0 fully saturated rings. The second kappa shape index (κ2) is 7.09. The number of fused-ring (bicyclic) bond motifs is 1. The van der Waals surface area contributed by atoms with E-state index in [1.807, 2.05) is 4.83 Å². The van der Waals surface area contributed by atoms with Crippen molar-refractivity contribution in [2.24, 2.45) is 0 Å². The Morgan fingerprint density at radius 1 is 1.08 bits per heavy atom. The Labute approximate surface area is 153 Å². The third-order valence-electron chi connectivity index (χ3n) is 3.26. The average molecular weight is 403 g/mol. The number of hydrazine groups is 1. The maximum atomic E-state index is 12.2. The van der Waals surface area contributed by atoms with E-state index in [4.69, 9.17) is 32.7 Å². The fourth-order valence-electron chi connectivity index (χ4n) is 2.09. The zero-order valence-electron chi connectivity index (χ0n) is 12.5. The minimum Gasteiger partial charge on any atom is -0.485 e. The number of carbonyl (C=O) groups excluding carboxylic acids is 1. The number of carbonyl (C=O) groups is 1. The van der Waals surface area contributed by atoms with Gasteiger partial charge in [-0.15, -0.1) is 4.83 Å². The van der Waals surface area contributed by atoms with Crippen LogP contribution in [0.15, 0.2) is 47.4 Å². The molecule has 0 aromatic heterocycles. The van der Waals surface area contributed by atoms with Gasteiger partial charge in [-0.3, -0.25) is 10.2 Å². The first-order valence-electron chi connectivity index (χ1n) is 7.01. The fraction of sp³-hybridized carbons (Fsp3) is 0.133. The summed E-state index contributed by atoms with van der Waals surface area (Å²) in [4.78, 5) is 13.9. The van der Waals surface area contributed by atoms with E-state index in [0.717, 1.165) is 0 Å². The van der Waals surface area contributed by atoms with Gasteiger partial charge in [-0.25, -0.2) is 8.42 Å². The molecule has 0 spiro atoms. The van der Waals surface area contributed by atoms with Crippen LogP contribution in [-0.4, -0.2) is 27.0 Å². The van der Waals surface area contributed by atoms with Gasteiger partial charge >= 0.3 is 0 Å². The molecule has 2 aromatic carbocycles. The largest absolute Gasteiger partial charge is 0.485 e. The molecule has 1 heterocycles. The number of hydrogen-bond acceptors (Lipinski definition) is 5. The van der Waals surface area contributed by atoms with Crippen molar-refractivity contribution in [2.75, 3.05) is 6.61 Å². The lowest BCUT2D eigenvalue weighted by Crippen LogP contribution is -2.50. The predicted octanol–water partition coefficient (Wildman–Crippen LogP) is 2.14. The molecule has 0 saturated carbocycles. The highest BCUT2D eigenvalue weighted by Crippen LogP contribution is 2.30. The van der Waals surface area contributed by atoms with Crippen LogP contribution in [-0.2, 0) is 14.8 Å². The molecule has 3 rings (SSSR count). The first kappa shape index (κ1) is 17.8. The van der Waals surface area contributed by atoms with E-state index in [2.05, 4.69) is 5.43 Å². The molecule has 0 aliphatic carbocycles. The standard InChI is InChI=1S/C15H12Cl2N2O5S/c16-9-5-10(17)7-11(6-9)25(21,22)19-18-15(20)14-8-23-12-3-1-2-4-13(12)24-14/h1-7,14,19H,8H2,(H,18,20). The highest BCUT2D eigenvalue weighted by molar-refractivity contribution is 7.89. The summed E-state index contributed by atoms with van der Waals surface area (Å²) in [6, 6.07) is 10.7. The number of hydrogen-bond donors (Lipinski definition) is 2. The maximum absolute atomic E-state index is 12.2. The second-order valence-electron chi connectivity index (χ2n) is 5.06. The molecular formula is C15H12Cl2N2O5S. The molecule has 1 aliphatic heterocycles. The SMILES string of the molecule is O=C(NNS(=O)(=O)c1cc(Cl)cc(Cl)c1)C1COc2ccccc2O1. The van der Waals surface area contributed by atoms with Crippen molar-refractivity contribution in [1.82, 2.24) is 10.3 Å². The van der Waals surface area contributed by atoms with Gasteiger partial charge in [0, 0.05) is 10.0 Å². The number of nitrogens with one attached hydrogen (secondary N) is 2. The van der Waals surface area contributed by atoms with Crippen molar-refractivity contribution in [3.8, 4) is 11.5 Å². The minimum absolute atomic E-state index is 0.0480. The molecule has 132 valence electrons. The van der Waals surface area contributed by atoms with E-state index in [9.17, 15) is 13.2 Å². The van der Waals surface area contributed by atoms with Crippen molar-refractivity contribution in [3.63, 3.8) is 0 Å². The number of amides is 1. The van der Waals surface area contributed by atoms with E-state index in [1.165, 1.54) is 18.2 Å². The summed E-state index contributed by atoms with van der Waals surface area (Å²) in [7, 11) is -4.05. The third-order valence-corrected chi connectivity index (χ3v) is 4.92. The van der Waals surface area contributed by atoms with Gasteiger partial charge < -0.3 is 9.47 Å². The summed E-state index contributed by atoms with van der Waals surface area (Å²) in [5.74, 6) is 0.213. The first-order valence-corrected chi connectivity index (χ1v) is 9.25. The van der Waals surface area contributed by atoms with Crippen LogP contribution >= 0.6 is 23.2 Å². The summed E-state index contributed by atoms with van der Waals surface area (Å²) >= 11 is 11.6. The van der Waals surface area contributed by atoms with Crippen LogP contribution in [0.5, 0.6) is 11.5 Å². The van der Waals surface area contributed by atoms with Crippen molar-refractivity contribution < 1.29 is 22.7 Å². The summed E-state index contributed by atoms with van der Waals surface area (Å²) in [5, 5.41) is 0.305. The van der Waals surface area contributed by atoms with Crippen molar-refractivity contribution in [3.05, 3.63) is 52.5 Å². The van der Waals surface area contributed by atoms with Crippen LogP contribution in [0.1, 0.15) is 0 Å². The second-order valence-corrected chi connectivity index (χ2v) is 7.62. The van der Waals surface area contributed by atoms with Gasteiger partial charge in [0.05, 0.1) is 4.90 Å². The molecule has 1 aliphatic rings. The average Bonchev–Trinajstić information content (AvgIpc) is 2.58. The Morgan fingerprint density at radius 3 is 2.40 bits per heavy atom. The van der Waals surface area contributed by atoms with Gasteiger partial charge in [0.1, 0.15) is 6.61 Å². The topological polar surface area (TPSA) is 93.7 Å². The highest BCUT2D eigenvalue weighted by atomic mass is 35.5. The van der Waals surface area contributed by atoms with Gasteiger partial charge in [0.15, 0.2) is 11.5 Å². The Balaban J connectivity index is 1.66. The molecular weight excluding hydrogens is 391 g/mol. The summed E-state index contributed by atoms with van der Waals surface area (Å²) in [5.41, 5.74) is 2.09. The van der Waals surface area contributed by atoms with Crippen LogP contribution in [0.3, 0.4) is 0 Å². The normalized spacial score (nSPS) is 16.3. The molecule has 0 saturated heterocycles. The van der Waals surface area contributed by atoms with Gasteiger partial charge in [-0.1, -0.05) is 35.3 Å². The molecule has 25 heavy (non-hydrogen) atoms. The first-order chi connectivity index (χ1) is 11.8. The van der Waals surface area contributed by atoms with Crippen LogP contribution < -0.4 is 19.7 Å². The zero-order valence-corrected chi connectivity index (χ0v) is 14.9. The molecule has 1 unspecified atom stereocenters. The van der Waals surface area contributed by atoms with Crippen LogP contribution in [0.25, 0.3) is 0 Å². The highest BCUT2D eigenvalue weighted by Gasteiger charge is 2.28. The molecule has 1 amide bonds. The number of ether oxygens (including phenoxy) is 2. The summed E-state index contributed by atoms with van der Waals surface area (Å²) in [6.07, 6.45) is -0.999. The van der Waals surface area contributed by atoms with Gasteiger partial charge in [0.25, 0.3) is 15.9 Å². The van der Waals surface area contributed by atoms with E-state index < -0.39 is 22.0 Å². The lowest BCUT2D eigenvalue weighted by atomic mass is 10.2. The van der Waals surface area contributed by atoms with Crippen molar-refractivity contribution in [2.45, 2.75) is 11.0 Å². The van der Waals surface area contributed by atoms with Gasteiger partial charge in [-0.2, -0.15) is 0 Å². The minimum atomic E-state index is -4.05. The third kappa shape index (κ3) is 4.16. The molecule has 0 radical (unpaired) electrons. The van der Waals surface area contributed by atoms with Gasteiger partial charge in [0.2, 0.25) is 6.10 Å². The van der Waals surface area contributed by atoms with Crippen molar-refractivity contribution in [1.29, 1.82) is 0 Å². The van der Waals surface area contributed by atoms with Gasteiger partial charge in [-0.05, 0) is 30.3 Å². The zero-order chi connectivity index (χ0) is 18.0. The summed E-state index contributed by atoms with van der Waals surface area (Å²) < 4.78 is 35.3. The molecule has 0 bridgehead atoms. The van der Waals surface area contributed by atoms with Crippen LogP contribution in [0.4, 0.5) is 0 Å². The smallest absolute Gasteiger partial charge is 0.279 e. The Bertz CT molecular complexity index is 900. The van der Waals surface area contributed by atoms with Crippen molar-refractivity contribution >= 4 is 39.1 Å². The number of para-hydroxylation sites is 2. The molecule has 2 N–H and O–H groups in total. The number of rotatable bonds is 4. The lowest BCUT2D eigenvalue weighted by molar-refractivity contribution is -0.130. The fourth-order valence-corrected chi connectivity index (χ4v) is 3.66. The number of benzene rings is 2. The number of sulfonamides is 1. The van der Waals surface area contributed by atoms with E-state index >= 15 is 0 Å². The lowest BCUT2D eigenvalue weighted by Gasteiger charge is -2.25. The number of halogens is 2. The van der Waals surface area contributed by atoms with E-state index in [0.29, 0.717) is 11.5 Å². The molecule has 10 heteroatoms. The van der Waals surface area contributed by atoms with Crippen LogP contribution in [0.2, 0.25) is 10.0 Å². The Hall–Kier alpha value is -2.00. The molecule has 1 atom stereocenters. The van der Waals surface area contributed by atoms with E-state index in [-0.39, 0.29) is 21.5 Å². The van der Waals surface area contributed by atoms with E-state index in [1.54, 1.807) is 24.3 Å². The summed E-state index contributed by atoms with van der Waals surface area (Å²) in [6.45, 7) is -0.0480. The molecule has 2 aromatic rings. The molecule has 7 nitrogen and oxygen atoms in total. The van der Waals surface area contributed by atoms with Crippen LogP contribution in [0, 0.1) is 0 Å². The Kier molecular flexibility index (Phi) is 5.05.